The van der Waals surface area contributed by atoms with Crippen LogP contribution >= 0.6 is 11.8 Å². The van der Waals surface area contributed by atoms with Gasteiger partial charge in [0.1, 0.15) is 5.75 Å². The van der Waals surface area contributed by atoms with E-state index in [1.165, 1.54) is 17.8 Å². The number of rotatable bonds is 6. The summed E-state index contributed by atoms with van der Waals surface area (Å²) in [5, 5.41) is 0. The Morgan fingerprint density at radius 3 is 2.44 bits per heavy atom. The molecule has 102 valence electrons. The number of benzene rings is 1. The van der Waals surface area contributed by atoms with Crippen LogP contribution in [0.5, 0.6) is 5.75 Å². The van der Waals surface area contributed by atoms with Crippen molar-refractivity contribution >= 4 is 11.8 Å². The number of alkyl halides is 3. The second-order valence-corrected chi connectivity index (χ2v) is 4.93. The summed E-state index contributed by atoms with van der Waals surface area (Å²) < 4.78 is 44.1. The summed E-state index contributed by atoms with van der Waals surface area (Å²) in [5.41, 5.74) is -0.602. The van der Waals surface area contributed by atoms with Gasteiger partial charge in [0.25, 0.3) is 0 Å². The third-order valence-corrected chi connectivity index (χ3v) is 3.52. The summed E-state index contributed by atoms with van der Waals surface area (Å²) in [6, 6.07) is 4.10. The summed E-state index contributed by atoms with van der Waals surface area (Å²) >= 11 is 1.21. The number of hydrogen-bond donors (Lipinski definition) is 0. The Morgan fingerprint density at radius 1 is 1.17 bits per heavy atom. The smallest absolute Gasteiger partial charge is 0.417 e. The normalized spacial score (nSPS) is 11.6. The van der Waals surface area contributed by atoms with Crippen LogP contribution in [0.15, 0.2) is 23.1 Å². The summed E-state index contributed by atoms with van der Waals surface area (Å²) in [7, 11) is 0. The third kappa shape index (κ3) is 4.12. The van der Waals surface area contributed by atoms with Crippen LogP contribution in [-0.2, 0) is 6.18 Å². The zero-order valence-corrected chi connectivity index (χ0v) is 11.3. The van der Waals surface area contributed by atoms with Crippen molar-refractivity contribution in [3.05, 3.63) is 23.8 Å². The first-order valence-electron chi connectivity index (χ1n) is 5.96. The van der Waals surface area contributed by atoms with Gasteiger partial charge in [0.2, 0.25) is 0 Å². The number of halogens is 3. The highest BCUT2D eigenvalue weighted by atomic mass is 32.2. The predicted octanol–water partition coefficient (Wildman–Crippen LogP) is 5.00. The van der Waals surface area contributed by atoms with E-state index in [0.29, 0.717) is 18.1 Å². The molecule has 0 fully saturated rings. The molecule has 0 atom stereocenters. The largest absolute Gasteiger partial charge is 0.492 e. The van der Waals surface area contributed by atoms with Gasteiger partial charge in [0, 0.05) is 0 Å². The minimum atomic E-state index is -4.33. The van der Waals surface area contributed by atoms with E-state index < -0.39 is 11.7 Å². The maximum absolute atomic E-state index is 12.9. The first kappa shape index (κ1) is 15.2. The minimum Gasteiger partial charge on any atom is -0.492 e. The lowest BCUT2D eigenvalue weighted by Crippen LogP contribution is -2.08. The van der Waals surface area contributed by atoms with Crippen LogP contribution in [0.4, 0.5) is 13.2 Å². The number of thioether (sulfide) groups is 1. The van der Waals surface area contributed by atoms with Crippen LogP contribution in [0.25, 0.3) is 0 Å². The molecule has 0 unspecified atom stereocenters. The molecule has 1 rings (SSSR count). The number of hydrogen-bond acceptors (Lipinski definition) is 2. The van der Waals surface area contributed by atoms with Gasteiger partial charge < -0.3 is 4.74 Å². The molecule has 5 heteroatoms. The monoisotopic (exact) mass is 278 g/mol. The summed E-state index contributed by atoms with van der Waals surface area (Å²) in [4.78, 5) is 0.209. The van der Waals surface area contributed by atoms with E-state index in [4.69, 9.17) is 4.74 Å². The molecule has 0 heterocycles. The quantitative estimate of drug-likeness (QED) is 0.677. The number of ether oxygens (including phenoxy) is 1. The molecule has 0 bridgehead atoms. The standard InChI is InChI=1S/C13H17F3OS/c1-3-8-17-11-7-5-6-10(13(14,15)16)12(11)18-9-4-2/h5-7H,3-4,8-9H2,1-2H3. The van der Waals surface area contributed by atoms with Crippen LogP contribution in [0.1, 0.15) is 32.3 Å². The lowest BCUT2D eigenvalue weighted by atomic mass is 10.2. The maximum atomic E-state index is 12.9. The van der Waals surface area contributed by atoms with Crippen LogP contribution in [0.3, 0.4) is 0 Å². The summed E-state index contributed by atoms with van der Waals surface area (Å²) in [5.74, 6) is 0.986. The van der Waals surface area contributed by atoms with Crippen molar-refractivity contribution in [2.45, 2.75) is 37.8 Å². The lowest BCUT2D eigenvalue weighted by Gasteiger charge is -2.16. The highest BCUT2D eigenvalue weighted by Gasteiger charge is 2.34. The van der Waals surface area contributed by atoms with Crippen molar-refractivity contribution in [3.8, 4) is 5.75 Å². The van der Waals surface area contributed by atoms with Gasteiger partial charge in [-0.2, -0.15) is 13.2 Å². The Hall–Kier alpha value is -0.840. The Morgan fingerprint density at radius 2 is 1.89 bits per heavy atom. The summed E-state index contributed by atoms with van der Waals surface area (Å²) in [6.07, 6.45) is -2.74. The molecule has 0 aliphatic carbocycles. The van der Waals surface area contributed by atoms with E-state index in [9.17, 15) is 13.2 Å². The molecule has 1 aromatic carbocycles. The molecule has 0 saturated heterocycles. The molecular formula is C13H17F3OS. The van der Waals surface area contributed by atoms with E-state index in [1.807, 2.05) is 13.8 Å². The average Bonchev–Trinajstić information content (AvgIpc) is 2.32. The molecule has 1 aromatic rings. The van der Waals surface area contributed by atoms with Crippen molar-refractivity contribution in [2.24, 2.45) is 0 Å². The fraction of sp³-hybridized carbons (Fsp3) is 0.538. The molecule has 0 aliphatic rings. The van der Waals surface area contributed by atoms with Gasteiger partial charge in [-0.25, -0.2) is 0 Å². The van der Waals surface area contributed by atoms with Crippen LogP contribution in [0, 0.1) is 0 Å². The van der Waals surface area contributed by atoms with Crippen molar-refractivity contribution in [2.75, 3.05) is 12.4 Å². The van der Waals surface area contributed by atoms with Gasteiger partial charge in [0.05, 0.1) is 17.1 Å². The third-order valence-electron chi connectivity index (χ3n) is 2.20. The van der Waals surface area contributed by atoms with Gasteiger partial charge in [0.15, 0.2) is 0 Å². The molecule has 0 aliphatic heterocycles. The van der Waals surface area contributed by atoms with Gasteiger partial charge in [-0.05, 0) is 30.7 Å². The van der Waals surface area contributed by atoms with Crippen molar-refractivity contribution in [3.63, 3.8) is 0 Å². The molecule has 18 heavy (non-hydrogen) atoms. The fourth-order valence-corrected chi connectivity index (χ4v) is 2.43. The van der Waals surface area contributed by atoms with Crippen molar-refractivity contribution in [1.29, 1.82) is 0 Å². The first-order valence-corrected chi connectivity index (χ1v) is 6.95. The second kappa shape index (κ2) is 6.92. The van der Waals surface area contributed by atoms with E-state index in [1.54, 1.807) is 6.07 Å². The van der Waals surface area contributed by atoms with E-state index in [-0.39, 0.29) is 4.90 Å². The topological polar surface area (TPSA) is 9.23 Å². The van der Waals surface area contributed by atoms with Gasteiger partial charge >= 0.3 is 6.18 Å². The van der Waals surface area contributed by atoms with Crippen LogP contribution in [-0.4, -0.2) is 12.4 Å². The second-order valence-electron chi connectivity index (χ2n) is 3.83. The predicted molar refractivity (Wildman–Crippen MR) is 68.2 cm³/mol. The molecule has 0 amide bonds. The summed E-state index contributed by atoms with van der Waals surface area (Å²) in [6.45, 7) is 4.29. The zero-order valence-electron chi connectivity index (χ0n) is 10.5. The van der Waals surface area contributed by atoms with Crippen molar-refractivity contribution < 1.29 is 17.9 Å². The van der Waals surface area contributed by atoms with Crippen LogP contribution < -0.4 is 4.74 Å². The zero-order chi connectivity index (χ0) is 13.6. The highest BCUT2D eigenvalue weighted by molar-refractivity contribution is 7.99. The van der Waals surface area contributed by atoms with E-state index in [2.05, 4.69) is 0 Å². The molecule has 0 spiro atoms. The highest BCUT2D eigenvalue weighted by Crippen LogP contribution is 2.41. The Balaban J connectivity index is 3.08. The van der Waals surface area contributed by atoms with Gasteiger partial charge in [-0.3, -0.25) is 0 Å². The minimum absolute atomic E-state index is 0.209. The van der Waals surface area contributed by atoms with Gasteiger partial charge in [-0.1, -0.05) is 19.9 Å². The average molecular weight is 278 g/mol. The lowest BCUT2D eigenvalue weighted by molar-refractivity contribution is -0.139. The Kier molecular flexibility index (Phi) is 5.85. The molecule has 0 radical (unpaired) electrons. The molecular weight excluding hydrogens is 261 g/mol. The maximum Gasteiger partial charge on any atom is 0.417 e. The molecule has 0 saturated carbocycles. The van der Waals surface area contributed by atoms with Crippen molar-refractivity contribution in [1.82, 2.24) is 0 Å². The molecule has 0 aromatic heterocycles. The Bertz CT molecular complexity index is 377. The van der Waals surface area contributed by atoms with E-state index >= 15 is 0 Å². The molecule has 1 nitrogen and oxygen atoms in total. The molecule has 0 N–H and O–H groups in total. The fourth-order valence-electron chi connectivity index (χ4n) is 1.42. The van der Waals surface area contributed by atoms with Crippen LogP contribution in [0.2, 0.25) is 0 Å². The van der Waals surface area contributed by atoms with Gasteiger partial charge in [-0.15, -0.1) is 11.8 Å². The Labute approximate surface area is 110 Å². The van der Waals surface area contributed by atoms with E-state index in [0.717, 1.165) is 18.9 Å². The SMILES string of the molecule is CCCOc1cccc(C(F)(F)F)c1SCCC. The first-order chi connectivity index (χ1) is 8.50.